The van der Waals surface area contributed by atoms with Crippen LogP contribution in [0.2, 0.25) is 0 Å². The van der Waals surface area contributed by atoms with Crippen LogP contribution in [0.5, 0.6) is 0 Å². The Kier molecular flexibility index (Phi) is 15.5. The Morgan fingerprint density at radius 1 is 0.327 bits per heavy atom. The van der Waals surface area contributed by atoms with Crippen molar-refractivity contribution in [3.05, 3.63) is 0 Å². The molecule has 5 rings (SSSR count). The van der Waals surface area contributed by atoms with Crippen molar-refractivity contribution in [2.45, 2.75) is 160 Å². The third-order valence-corrected chi connectivity index (χ3v) is 10.3. The van der Waals surface area contributed by atoms with E-state index in [0.29, 0.717) is 0 Å². The first-order chi connectivity index (χ1) is 26.0. The molecule has 25 heteroatoms. The van der Waals surface area contributed by atoms with Crippen molar-refractivity contribution >= 4 is 0 Å². The van der Waals surface area contributed by atoms with E-state index in [1.54, 1.807) is 0 Å². The molecule has 16 N–H and O–H groups in total. The normalized spacial score (nSPS) is 53.9. The molecule has 5 aliphatic heterocycles. The molecule has 0 saturated carbocycles. The molecule has 55 heavy (non-hydrogen) atoms. The van der Waals surface area contributed by atoms with E-state index in [0.717, 1.165) is 0 Å². The van der Waals surface area contributed by atoms with Crippen LogP contribution in [0, 0.1) is 0 Å². The Morgan fingerprint density at radius 3 is 1.22 bits per heavy atom. The van der Waals surface area contributed by atoms with E-state index >= 15 is 0 Å². The second-order valence-corrected chi connectivity index (χ2v) is 13.9. The molecule has 0 unspecified atom stereocenters. The lowest BCUT2D eigenvalue weighted by molar-refractivity contribution is -0.399. The Hall–Kier alpha value is -1.00. The van der Waals surface area contributed by atoms with Gasteiger partial charge in [-0.3, -0.25) is 0 Å². The molecule has 5 fully saturated rings. The molecular weight excluding hydrogens is 760 g/mol. The Balaban J connectivity index is 1.36. The van der Waals surface area contributed by atoms with E-state index < -0.39 is 180 Å². The van der Waals surface area contributed by atoms with Crippen LogP contribution in [0.15, 0.2) is 0 Å². The summed E-state index contributed by atoms with van der Waals surface area (Å²) in [6.07, 6.45) is -45.6. The van der Waals surface area contributed by atoms with Crippen molar-refractivity contribution in [3.8, 4) is 0 Å². The van der Waals surface area contributed by atoms with Crippen molar-refractivity contribution in [2.75, 3.05) is 26.4 Å². The first kappa shape index (κ1) is 45.1. The van der Waals surface area contributed by atoms with Crippen molar-refractivity contribution in [1.29, 1.82) is 0 Å². The molecule has 0 radical (unpaired) electrons. The van der Waals surface area contributed by atoms with Gasteiger partial charge >= 0.3 is 0 Å². The van der Waals surface area contributed by atoms with Crippen LogP contribution in [-0.4, -0.2) is 262 Å². The van der Waals surface area contributed by atoms with Gasteiger partial charge in [0.25, 0.3) is 0 Å². The van der Waals surface area contributed by atoms with Crippen LogP contribution in [0.1, 0.15) is 6.92 Å². The van der Waals surface area contributed by atoms with Crippen molar-refractivity contribution in [3.63, 3.8) is 0 Å². The van der Waals surface area contributed by atoms with Gasteiger partial charge in [0.15, 0.2) is 31.5 Å². The highest BCUT2D eigenvalue weighted by molar-refractivity contribution is 4.98. The average molecular weight is 813 g/mol. The highest BCUT2D eigenvalue weighted by Gasteiger charge is 2.56. The Labute approximate surface area is 311 Å². The number of rotatable bonds is 12. The van der Waals surface area contributed by atoms with E-state index in [4.69, 9.17) is 42.6 Å². The molecule has 0 aromatic heterocycles. The van der Waals surface area contributed by atoms with Crippen LogP contribution in [0.4, 0.5) is 0 Å². The summed E-state index contributed by atoms with van der Waals surface area (Å²) in [7, 11) is 0. The minimum atomic E-state index is -2.14. The fourth-order valence-electron chi connectivity index (χ4n) is 6.93. The summed E-state index contributed by atoms with van der Waals surface area (Å²) in [5.74, 6) is 0. The molecule has 0 spiro atoms. The van der Waals surface area contributed by atoms with E-state index in [1.807, 2.05) is 0 Å². The van der Waals surface area contributed by atoms with E-state index in [-0.39, 0.29) is 0 Å². The number of hydrogen-bond acceptors (Lipinski definition) is 25. The minimum Gasteiger partial charge on any atom is -0.394 e. The predicted octanol–water partition coefficient (Wildman–Crippen LogP) is -10.9. The molecule has 5 aliphatic rings. The molecule has 0 aliphatic carbocycles. The van der Waals surface area contributed by atoms with Crippen LogP contribution in [0.3, 0.4) is 0 Å². The molecular formula is C30H52O25. The highest BCUT2D eigenvalue weighted by atomic mass is 16.8. The maximum absolute atomic E-state index is 11.4. The quantitative estimate of drug-likeness (QED) is 0.0870. The molecule has 25 nitrogen and oxygen atoms in total. The summed E-state index contributed by atoms with van der Waals surface area (Å²) in [6.45, 7) is -2.23. The number of hydrogen-bond donors (Lipinski definition) is 16. The molecule has 0 aromatic rings. The first-order valence-electron chi connectivity index (χ1n) is 17.5. The molecule has 5 heterocycles. The summed E-state index contributed by atoms with van der Waals surface area (Å²) in [4.78, 5) is 0. The van der Waals surface area contributed by atoms with E-state index in [9.17, 15) is 81.7 Å². The molecule has 0 amide bonds. The molecule has 0 aromatic carbocycles. The zero-order valence-electron chi connectivity index (χ0n) is 29.1. The Bertz CT molecular complexity index is 1190. The van der Waals surface area contributed by atoms with E-state index in [1.165, 1.54) is 6.92 Å². The smallest absolute Gasteiger partial charge is 0.187 e. The fraction of sp³-hybridized carbons (Fsp3) is 1.00. The van der Waals surface area contributed by atoms with Gasteiger partial charge in [0, 0.05) is 0 Å². The van der Waals surface area contributed by atoms with Gasteiger partial charge in [-0.2, -0.15) is 0 Å². The van der Waals surface area contributed by atoms with Gasteiger partial charge in [-0.05, 0) is 6.92 Å². The summed E-state index contributed by atoms with van der Waals surface area (Å²) < 4.78 is 49.6. The van der Waals surface area contributed by atoms with Gasteiger partial charge < -0.3 is 124 Å². The second kappa shape index (κ2) is 18.9. The topological polar surface area (TPSA) is 407 Å². The van der Waals surface area contributed by atoms with Crippen molar-refractivity contribution < 1.29 is 124 Å². The Morgan fingerprint density at radius 2 is 0.691 bits per heavy atom. The average Bonchev–Trinajstić information content (AvgIpc) is 3.17. The molecule has 5 saturated heterocycles. The zero-order valence-corrected chi connectivity index (χ0v) is 29.1. The lowest BCUT2D eigenvalue weighted by atomic mass is 9.95. The minimum absolute atomic E-state index is 0.801. The largest absolute Gasteiger partial charge is 0.394 e. The van der Waals surface area contributed by atoms with Crippen molar-refractivity contribution in [2.24, 2.45) is 0 Å². The van der Waals surface area contributed by atoms with Gasteiger partial charge in [-0.15, -0.1) is 0 Å². The van der Waals surface area contributed by atoms with Crippen LogP contribution in [0.25, 0.3) is 0 Å². The second-order valence-electron chi connectivity index (χ2n) is 13.9. The lowest BCUT2D eigenvalue weighted by Crippen LogP contribution is -2.68. The molecule has 25 atom stereocenters. The van der Waals surface area contributed by atoms with Gasteiger partial charge in [0.05, 0.1) is 32.5 Å². The third kappa shape index (κ3) is 9.11. The fourth-order valence-corrected chi connectivity index (χ4v) is 6.93. The zero-order chi connectivity index (χ0) is 40.6. The first-order valence-corrected chi connectivity index (χ1v) is 17.5. The number of aliphatic hydroxyl groups excluding tert-OH is 16. The predicted molar refractivity (Wildman–Crippen MR) is 165 cm³/mol. The van der Waals surface area contributed by atoms with Gasteiger partial charge in [-0.1, -0.05) is 0 Å². The van der Waals surface area contributed by atoms with Gasteiger partial charge in [0.1, 0.15) is 116 Å². The van der Waals surface area contributed by atoms with Crippen molar-refractivity contribution in [1.82, 2.24) is 0 Å². The van der Waals surface area contributed by atoms with Crippen LogP contribution >= 0.6 is 0 Å². The highest BCUT2D eigenvalue weighted by Crippen LogP contribution is 2.36. The summed E-state index contributed by atoms with van der Waals surface area (Å²) in [6, 6.07) is 0. The third-order valence-electron chi connectivity index (χ3n) is 10.3. The molecule has 0 bridgehead atoms. The summed E-state index contributed by atoms with van der Waals surface area (Å²) >= 11 is 0. The number of aliphatic hydroxyl groups is 16. The monoisotopic (exact) mass is 812 g/mol. The van der Waals surface area contributed by atoms with Gasteiger partial charge in [0.2, 0.25) is 0 Å². The maximum atomic E-state index is 11.4. The standard InChI is InChI=1S/C30H52O25/c1-6-11(35)22(20(44)28(47-6)53-23-14(38)9(4-33)48-26(46)19(23)43)52-29-21(45)24(15(39)10(5-34)50-29)54-30-25(17(41)13(37)8(3-32)51-30)55-27-18(42)16(40)12(36)7(2-31)49-27/h6-46H,2-5H2,1H3/t6-,7+,8+,9+,10+,11-,12+,13+,14+,15+,16-,17-,18-,19+,20+,21-,22+,23-,24-,25-,26+,27+,28-,29-,30-/m0/s1. The van der Waals surface area contributed by atoms with Crippen LogP contribution in [-0.2, 0) is 42.6 Å². The lowest BCUT2D eigenvalue weighted by Gasteiger charge is -2.49. The summed E-state index contributed by atoms with van der Waals surface area (Å²) in [5.41, 5.74) is 0. The number of ether oxygens (including phenoxy) is 9. The summed E-state index contributed by atoms with van der Waals surface area (Å²) in [5, 5.41) is 167. The molecule has 322 valence electrons. The SMILES string of the molecule is C[C@@H]1O[C@@H](O[C@@H]2[C@@H](O)[C@H](O)O[C@H](CO)[C@H]2O)[C@H](O)[C@H](O[C@@H]2O[C@H](CO)[C@@H](O)[C@H](O[C@@H]3O[C@H](CO)[C@@H](O)[C@H](O)[C@@H]3O[C@H]3O[C@H](CO)[C@@H](O)[C@H](O)[C@@H]3O)[C@@H]2O)[C@H]1O. The van der Waals surface area contributed by atoms with Crippen LogP contribution < -0.4 is 0 Å². The van der Waals surface area contributed by atoms with Gasteiger partial charge in [-0.25, -0.2) is 0 Å². The maximum Gasteiger partial charge on any atom is 0.187 e. The van der Waals surface area contributed by atoms with E-state index in [2.05, 4.69) is 0 Å².